The lowest BCUT2D eigenvalue weighted by atomic mass is 10.3. The number of pyridine rings is 1. The third-order valence-electron chi connectivity index (χ3n) is 4.08. The van der Waals surface area contributed by atoms with Gasteiger partial charge in [0.15, 0.2) is 17.5 Å². The van der Waals surface area contributed by atoms with Crippen molar-refractivity contribution >= 4 is 17.3 Å². The summed E-state index contributed by atoms with van der Waals surface area (Å²) in [6, 6.07) is 9.67. The first-order chi connectivity index (χ1) is 12.7. The molecule has 0 atom stereocenters. The molecule has 1 aromatic carbocycles. The molecule has 26 heavy (non-hydrogen) atoms. The molecule has 134 valence electrons. The predicted molar refractivity (Wildman–Crippen MR) is 101 cm³/mol. The molecule has 1 aliphatic heterocycles. The van der Waals surface area contributed by atoms with Crippen LogP contribution in [0.4, 0.5) is 5.69 Å². The molecule has 0 saturated carbocycles. The van der Waals surface area contributed by atoms with E-state index in [1.54, 1.807) is 0 Å². The Balaban J connectivity index is 1.45. The van der Waals surface area contributed by atoms with Gasteiger partial charge in [0.2, 0.25) is 0 Å². The number of fused-ring (bicyclic) bond motifs is 2. The van der Waals surface area contributed by atoms with Crippen LogP contribution in [-0.2, 0) is 6.54 Å². The van der Waals surface area contributed by atoms with Crippen molar-refractivity contribution in [3.63, 3.8) is 0 Å². The molecule has 2 aromatic heterocycles. The van der Waals surface area contributed by atoms with Crippen LogP contribution in [0.2, 0.25) is 0 Å². The first-order valence-electron chi connectivity index (χ1n) is 8.58. The minimum Gasteiger partial charge on any atom is -0.490 e. The highest BCUT2D eigenvalue weighted by atomic mass is 16.5. The van der Waals surface area contributed by atoms with Crippen molar-refractivity contribution in [1.82, 2.24) is 9.38 Å². The van der Waals surface area contributed by atoms with Crippen LogP contribution in [0.1, 0.15) is 17.7 Å². The number of nitrogens with one attached hydrogen (secondary N) is 1. The van der Waals surface area contributed by atoms with E-state index in [0.29, 0.717) is 25.7 Å². The highest BCUT2D eigenvalue weighted by Crippen LogP contribution is 2.32. The second-order valence-electron chi connectivity index (χ2n) is 6.24. The number of imidazole rings is 1. The zero-order valence-corrected chi connectivity index (χ0v) is 14.6. The molecule has 3 heterocycles. The van der Waals surface area contributed by atoms with Gasteiger partial charge in [-0.3, -0.25) is 0 Å². The Morgan fingerprint density at radius 2 is 2.04 bits per heavy atom. The average Bonchev–Trinajstić information content (AvgIpc) is 2.88. The number of rotatable bonds is 3. The van der Waals surface area contributed by atoms with Crippen LogP contribution < -0.4 is 20.5 Å². The molecule has 0 fully saturated rings. The molecule has 0 bridgehead atoms. The van der Waals surface area contributed by atoms with Gasteiger partial charge in [0.25, 0.3) is 0 Å². The summed E-state index contributed by atoms with van der Waals surface area (Å²) in [5.41, 5.74) is 9.76. The van der Waals surface area contributed by atoms with Crippen molar-refractivity contribution in [2.45, 2.75) is 19.9 Å². The number of benzene rings is 1. The highest BCUT2D eigenvalue weighted by Gasteiger charge is 2.11. The Bertz CT molecular complexity index is 964. The maximum absolute atomic E-state index is 6.01. The molecule has 0 spiro atoms. The third kappa shape index (κ3) is 3.56. The van der Waals surface area contributed by atoms with E-state index in [0.717, 1.165) is 34.9 Å². The summed E-state index contributed by atoms with van der Waals surface area (Å²) >= 11 is 0. The van der Waals surface area contributed by atoms with Gasteiger partial charge in [-0.2, -0.15) is 0 Å². The van der Waals surface area contributed by atoms with E-state index >= 15 is 0 Å². The number of hydrogen-bond acceptors (Lipinski definition) is 4. The number of nitrogens with two attached hydrogens (primary N) is 1. The molecule has 4 rings (SSSR count). The molecule has 0 radical (unpaired) electrons. The van der Waals surface area contributed by atoms with Gasteiger partial charge in [-0.25, -0.2) is 9.98 Å². The molecule has 1 aliphatic rings. The standard InChI is InChI=1S/C19H21N5O2/c1-13-3-6-18-22-15(12-24(18)11-13)10-21-19(20)23-14-4-5-16-17(9-14)26-8-2-7-25-16/h3-6,9,11-12H,2,7-8,10H2,1H3,(H3,20,21,23). The van der Waals surface area contributed by atoms with Gasteiger partial charge in [0, 0.05) is 30.6 Å². The van der Waals surface area contributed by atoms with E-state index < -0.39 is 0 Å². The molecule has 0 saturated heterocycles. The minimum atomic E-state index is 0.327. The van der Waals surface area contributed by atoms with Crippen LogP contribution >= 0.6 is 0 Å². The van der Waals surface area contributed by atoms with E-state index in [4.69, 9.17) is 15.2 Å². The fraction of sp³-hybridized carbons (Fsp3) is 0.263. The largest absolute Gasteiger partial charge is 0.490 e. The Labute approximate surface area is 151 Å². The Morgan fingerprint density at radius 1 is 1.19 bits per heavy atom. The summed E-state index contributed by atoms with van der Waals surface area (Å²) < 4.78 is 13.3. The van der Waals surface area contributed by atoms with E-state index in [-0.39, 0.29) is 0 Å². The van der Waals surface area contributed by atoms with Crippen molar-refractivity contribution in [1.29, 1.82) is 0 Å². The average molecular weight is 351 g/mol. The third-order valence-corrected chi connectivity index (χ3v) is 4.08. The smallest absolute Gasteiger partial charge is 0.193 e. The zero-order chi connectivity index (χ0) is 17.9. The van der Waals surface area contributed by atoms with Gasteiger partial charge in [-0.15, -0.1) is 0 Å². The van der Waals surface area contributed by atoms with Gasteiger partial charge in [-0.05, 0) is 30.7 Å². The molecule has 3 aromatic rings. The van der Waals surface area contributed by atoms with Crippen LogP contribution in [0.3, 0.4) is 0 Å². The summed E-state index contributed by atoms with van der Waals surface area (Å²) in [6.07, 6.45) is 4.88. The molecule has 0 amide bonds. The van der Waals surface area contributed by atoms with Gasteiger partial charge < -0.3 is 24.9 Å². The molecule has 7 heteroatoms. The second kappa shape index (κ2) is 6.95. The van der Waals surface area contributed by atoms with Gasteiger partial charge in [0.1, 0.15) is 5.65 Å². The number of aliphatic imine (C=N–C) groups is 1. The highest BCUT2D eigenvalue weighted by molar-refractivity contribution is 5.92. The predicted octanol–water partition coefficient (Wildman–Crippen LogP) is 2.73. The number of hydrogen-bond donors (Lipinski definition) is 2. The van der Waals surface area contributed by atoms with Crippen molar-refractivity contribution in [2.24, 2.45) is 10.7 Å². The maximum atomic E-state index is 6.01. The molecule has 3 N–H and O–H groups in total. The van der Waals surface area contributed by atoms with E-state index in [1.807, 2.05) is 47.1 Å². The first-order valence-corrected chi connectivity index (χ1v) is 8.58. The van der Waals surface area contributed by atoms with Crippen molar-refractivity contribution < 1.29 is 9.47 Å². The lowest BCUT2D eigenvalue weighted by Gasteiger charge is -2.10. The summed E-state index contributed by atoms with van der Waals surface area (Å²) in [7, 11) is 0. The number of anilines is 1. The molecular formula is C19H21N5O2. The summed E-state index contributed by atoms with van der Waals surface area (Å²) in [4.78, 5) is 8.91. The zero-order valence-electron chi connectivity index (χ0n) is 14.6. The number of ether oxygens (including phenoxy) is 2. The topological polar surface area (TPSA) is 86.2 Å². The maximum Gasteiger partial charge on any atom is 0.193 e. The van der Waals surface area contributed by atoms with Crippen molar-refractivity contribution in [2.75, 3.05) is 18.5 Å². The van der Waals surface area contributed by atoms with Crippen molar-refractivity contribution in [3.8, 4) is 11.5 Å². The summed E-state index contributed by atoms with van der Waals surface area (Å²) in [6.45, 7) is 3.77. The molecule has 0 aliphatic carbocycles. The van der Waals surface area contributed by atoms with Crippen LogP contribution in [0, 0.1) is 6.92 Å². The van der Waals surface area contributed by atoms with Crippen LogP contribution in [0.25, 0.3) is 5.65 Å². The van der Waals surface area contributed by atoms with Crippen LogP contribution in [-0.4, -0.2) is 28.6 Å². The van der Waals surface area contributed by atoms with E-state index in [9.17, 15) is 0 Å². The second-order valence-corrected chi connectivity index (χ2v) is 6.24. The van der Waals surface area contributed by atoms with Gasteiger partial charge in [-0.1, -0.05) is 6.07 Å². The Morgan fingerprint density at radius 3 is 2.92 bits per heavy atom. The fourth-order valence-electron chi connectivity index (χ4n) is 2.83. The number of guanidine groups is 1. The van der Waals surface area contributed by atoms with Gasteiger partial charge >= 0.3 is 0 Å². The lowest BCUT2D eigenvalue weighted by Crippen LogP contribution is -2.22. The molecule has 0 unspecified atom stereocenters. The van der Waals surface area contributed by atoms with Gasteiger partial charge in [0.05, 0.1) is 25.5 Å². The Hall–Kier alpha value is -3.22. The minimum absolute atomic E-state index is 0.327. The van der Waals surface area contributed by atoms with Crippen LogP contribution in [0.5, 0.6) is 11.5 Å². The number of aromatic nitrogens is 2. The van der Waals surface area contributed by atoms with Crippen molar-refractivity contribution in [3.05, 3.63) is 54.0 Å². The van der Waals surface area contributed by atoms with E-state index in [1.165, 1.54) is 5.56 Å². The van der Waals surface area contributed by atoms with E-state index in [2.05, 4.69) is 22.2 Å². The number of nitrogens with zero attached hydrogens (tertiary/aromatic N) is 3. The molecular weight excluding hydrogens is 330 g/mol. The molecule has 7 nitrogen and oxygen atoms in total. The summed E-state index contributed by atoms with van der Waals surface area (Å²) in [5.74, 6) is 1.80. The lowest BCUT2D eigenvalue weighted by molar-refractivity contribution is 0.297. The fourth-order valence-corrected chi connectivity index (χ4v) is 2.83. The first kappa shape index (κ1) is 16.3. The monoisotopic (exact) mass is 351 g/mol. The number of aryl methyl sites for hydroxylation is 1. The SMILES string of the molecule is Cc1ccc2nc(CN=C(N)Nc3ccc4c(c3)OCCCO4)cn2c1. The normalized spacial score (nSPS) is 14.3. The quantitative estimate of drug-likeness (QED) is 0.560. The Kier molecular flexibility index (Phi) is 4.35. The van der Waals surface area contributed by atoms with Crippen LogP contribution in [0.15, 0.2) is 47.7 Å². The summed E-state index contributed by atoms with van der Waals surface area (Å²) in [5, 5.41) is 3.08.